The summed E-state index contributed by atoms with van der Waals surface area (Å²) < 4.78 is 0. The molecule has 0 atom stereocenters. The van der Waals surface area contributed by atoms with Crippen molar-refractivity contribution in [3.63, 3.8) is 0 Å². The fourth-order valence-electron chi connectivity index (χ4n) is 1.76. The van der Waals surface area contributed by atoms with Crippen LogP contribution in [0.2, 0.25) is 0 Å². The van der Waals surface area contributed by atoms with E-state index in [0.29, 0.717) is 0 Å². The van der Waals surface area contributed by atoms with Gasteiger partial charge >= 0.3 is 0 Å². The molecule has 2 heterocycles. The van der Waals surface area contributed by atoms with Crippen LogP contribution in [0.15, 0.2) is 48.8 Å². The van der Waals surface area contributed by atoms with E-state index in [0.717, 1.165) is 11.0 Å². The van der Waals surface area contributed by atoms with Crippen LogP contribution in [-0.4, -0.2) is 9.97 Å². The Bertz CT molecular complexity index is 587. The van der Waals surface area contributed by atoms with E-state index >= 15 is 0 Å². The summed E-state index contributed by atoms with van der Waals surface area (Å²) >= 11 is 0. The van der Waals surface area contributed by atoms with Gasteiger partial charge in [-0.3, -0.25) is 0 Å². The minimum absolute atomic E-state index is 0. The number of hydrogen-bond acceptors (Lipinski definition) is 1. The molecule has 79 valence electrons. The first kappa shape index (κ1) is 11.1. The van der Waals surface area contributed by atoms with Crippen LogP contribution in [0.3, 0.4) is 0 Å². The van der Waals surface area contributed by atoms with Crippen molar-refractivity contribution in [2.75, 3.05) is 0 Å². The van der Waals surface area contributed by atoms with Crippen LogP contribution in [0.25, 0.3) is 22.2 Å². The second-order valence-corrected chi connectivity index (χ2v) is 3.39. The van der Waals surface area contributed by atoms with Gasteiger partial charge in [0.05, 0.1) is 0 Å². The first-order valence-electron chi connectivity index (χ1n) is 4.84. The zero-order valence-electron chi connectivity index (χ0n) is 8.44. The van der Waals surface area contributed by atoms with E-state index in [1.807, 2.05) is 24.4 Å². The van der Waals surface area contributed by atoms with Crippen molar-refractivity contribution in [3.8, 4) is 11.1 Å². The number of aromatic amines is 1. The largest absolute Gasteiger partial charge is 0.346 e. The summed E-state index contributed by atoms with van der Waals surface area (Å²) in [6.07, 6.45) is 3.79. The fourth-order valence-corrected chi connectivity index (χ4v) is 1.76. The van der Waals surface area contributed by atoms with Gasteiger partial charge in [-0.2, -0.15) is 30.3 Å². The Hall–Kier alpha value is -1.43. The zero-order valence-corrected chi connectivity index (χ0v) is 11.2. The van der Waals surface area contributed by atoms with E-state index in [1.165, 1.54) is 11.1 Å². The van der Waals surface area contributed by atoms with E-state index < -0.39 is 0 Å². The molecule has 0 amide bonds. The van der Waals surface area contributed by atoms with Crippen LogP contribution >= 0.6 is 0 Å². The first-order chi connectivity index (χ1) is 7.45. The van der Waals surface area contributed by atoms with E-state index in [9.17, 15) is 0 Å². The van der Waals surface area contributed by atoms with Crippen LogP contribution in [-0.2, 0) is 20.4 Å². The van der Waals surface area contributed by atoms with E-state index in [2.05, 4.69) is 34.2 Å². The van der Waals surface area contributed by atoms with Crippen molar-refractivity contribution in [1.82, 2.24) is 9.97 Å². The second-order valence-electron chi connectivity index (χ2n) is 3.39. The number of nitrogens with one attached hydrogen (secondary N) is 1. The number of H-pyrrole nitrogens is 1. The molecule has 3 rings (SSSR count). The molecule has 0 aliphatic heterocycles. The third-order valence-corrected chi connectivity index (χ3v) is 2.48. The summed E-state index contributed by atoms with van der Waals surface area (Å²) in [5.41, 5.74) is 3.31. The summed E-state index contributed by atoms with van der Waals surface area (Å²) in [5.74, 6) is 0. The van der Waals surface area contributed by atoms with Crippen molar-refractivity contribution < 1.29 is 20.4 Å². The fraction of sp³-hybridized carbons (Fsp3) is 0. The minimum atomic E-state index is 0. The Kier molecular flexibility index (Phi) is 3.19. The van der Waals surface area contributed by atoms with Gasteiger partial charge in [-0.15, -0.1) is 5.56 Å². The van der Waals surface area contributed by atoms with Gasteiger partial charge < -0.3 is 4.98 Å². The number of hydrogen-bond donors (Lipinski definition) is 1. The van der Waals surface area contributed by atoms with Gasteiger partial charge in [-0.25, -0.2) is 4.98 Å². The third kappa shape index (κ3) is 1.80. The average Bonchev–Trinajstić information content (AvgIpc) is 2.74. The molecule has 3 heteroatoms. The molecular weight excluding hydrogens is 370 g/mol. The summed E-state index contributed by atoms with van der Waals surface area (Å²) in [6.45, 7) is 0. The Balaban J connectivity index is 0.000000963. The number of pyridine rings is 1. The normalized spacial score (nSPS) is 10.0. The Labute approximate surface area is 107 Å². The standard InChI is InChI=1S/C13H9N2.Re/c1-2-5-10(6-3-1)12-9-15-13-11(12)7-4-8-14-13;/h2-9H,(H,14,15);/q-1;. The SMILES string of the molecule is [Re].[c-]1ccc(-c2c[nH]c3ncccc23)cc1. The van der Waals surface area contributed by atoms with Crippen LogP contribution in [0.1, 0.15) is 0 Å². The smallest absolute Gasteiger partial charge is 0.137 e. The van der Waals surface area contributed by atoms with Gasteiger partial charge in [-0.1, -0.05) is 0 Å². The predicted octanol–water partition coefficient (Wildman–Crippen LogP) is 3.03. The molecule has 0 saturated heterocycles. The maximum atomic E-state index is 4.26. The second kappa shape index (κ2) is 4.61. The number of aromatic nitrogens is 2. The molecule has 1 aromatic carbocycles. The molecule has 0 spiro atoms. The molecule has 0 bridgehead atoms. The van der Waals surface area contributed by atoms with Gasteiger partial charge in [0.1, 0.15) is 5.65 Å². The molecule has 0 fully saturated rings. The van der Waals surface area contributed by atoms with Crippen LogP contribution in [0, 0.1) is 6.07 Å². The van der Waals surface area contributed by atoms with Gasteiger partial charge in [0.15, 0.2) is 0 Å². The molecule has 2 nitrogen and oxygen atoms in total. The predicted molar refractivity (Wildman–Crippen MR) is 60.4 cm³/mol. The molecule has 16 heavy (non-hydrogen) atoms. The van der Waals surface area contributed by atoms with Crippen molar-refractivity contribution >= 4 is 11.0 Å². The van der Waals surface area contributed by atoms with Gasteiger partial charge in [0.2, 0.25) is 0 Å². The molecular formula is C13H9N2Re-. The van der Waals surface area contributed by atoms with Crippen molar-refractivity contribution in [2.45, 2.75) is 0 Å². The van der Waals surface area contributed by atoms with Crippen LogP contribution < -0.4 is 0 Å². The topological polar surface area (TPSA) is 28.7 Å². The molecule has 2 aromatic heterocycles. The average molecular weight is 379 g/mol. The van der Waals surface area contributed by atoms with Crippen molar-refractivity contribution in [2.24, 2.45) is 0 Å². The molecule has 1 N–H and O–H groups in total. The number of benzene rings is 1. The zero-order chi connectivity index (χ0) is 10.1. The Morgan fingerprint density at radius 3 is 2.75 bits per heavy atom. The minimum Gasteiger partial charge on any atom is -0.346 e. The van der Waals surface area contributed by atoms with Gasteiger partial charge in [0.25, 0.3) is 0 Å². The maximum absolute atomic E-state index is 4.26. The summed E-state index contributed by atoms with van der Waals surface area (Å²) in [4.78, 5) is 7.43. The Morgan fingerprint density at radius 1 is 1.12 bits per heavy atom. The van der Waals surface area contributed by atoms with Crippen LogP contribution in [0.5, 0.6) is 0 Å². The molecule has 0 unspecified atom stereocenters. The molecule has 1 radical (unpaired) electrons. The number of fused-ring (bicyclic) bond motifs is 1. The van der Waals surface area contributed by atoms with E-state index in [4.69, 9.17) is 0 Å². The quantitative estimate of drug-likeness (QED) is 0.647. The van der Waals surface area contributed by atoms with E-state index in [-0.39, 0.29) is 20.4 Å². The van der Waals surface area contributed by atoms with Crippen molar-refractivity contribution in [3.05, 3.63) is 54.9 Å². The summed E-state index contributed by atoms with van der Waals surface area (Å²) in [6, 6.07) is 15.0. The Morgan fingerprint density at radius 2 is 1.94 bits per heavy atom. The monoisotopic (exact) mass is 380 g/mol. The van der Waals surface area contributed by atoms with E-state index in [1.54, 1.807) is 6.20 Å². The summed E-state index contributed by atoms with van der Waals surface area (Å²) in [5, 5.41) is 1.16. The molecule has 0 saturated carbocycles. The van der Waals surface area contributed by atoms with Crippen LogP contribution in [0.4, 0.5) is 0 Å². The molecule has 0 aliphatic carbocycles. The first-order valence-corrected chi connectivity index (χ1v) is 4.84. The summed E-state index contributed by atoms with van der Waals surface area (Å²) in [7, 11) is 0. The van der Waals surface area contributed by atoms with Crippen molar-refractivity contribution in [1.29, 1.82) is 0 Å². The van der Waals surface area contributed by atoms with Gasteiger partial charge in [-0.05, 0) is 17.7 Å². The number of rotatable bonds is 1. The maximum Gasteiger partial charge on any atom is 0.137 e. The molecule has 0 aliphatic rings. The third-order valence-electron chi connectivity index (χ3n) is 2.48. The molecule has 3 aromatic rings. The number of nitrogens with zero attached hydrogens (tertiary/aromatic N) is 1. The van der Waals surface area contributed by atoms with Gasteiger partial charge in [0, 0.05) is 38.2 Å².